The van der Waals surface area contributed by atoms with E-state index in [1.807, 2.05) is 36.4 Å². The molecule has 1 saturated carbocycles. The predicted molar refractivity (Wildman–Crippen MR) is 121 cm³/mol. The van der Waals surface area contributed by atoms with Gasteiger partial charge in [-0.05, 0) is 67.4 Å². The third kappa shape index (κ3) is 4.05. The number of hydrogen-bond donors (Lipinski definition) is 3. The predicted octanol–water partition coefficient (Wildman–Crippen LogP) is 5.34. The minimum absolute atomic E-state index is 0.188. The van der Waals surface area contributed by atoms with Crippen LogP contribution in [0.2, 0.25) is 0 Å². The van der Waals surface area contributed by atoms with Crippen LogP contribution in [0.3, 0.4) is 0 Å². The van der Waals surface area contributed by atoms with Gasteiger partial charge >= 0.3 is 0 Å². The van der Waals surface area contributed by atoms with Crippen LogP contribution in [0.15, 0.2) is 72.8 Å². The van der Waals surface area contributed by atoms with Gasteiger partial charge in [-0.25, -0.2) is 4.98 Å². The van der Waals surface area contributed by atoms with E-state index in [0.29, 0.717) is 28.4 Å². The van der Waals surface area contributed by atoms with Gasteiger partial charge in [0.15, 0.2) is 0 Å². The van der Waals surface area contributed by atoms with Crippen LogP contribution in [0.4, 0.5) is 11.4 Å². The van der Waals surface area contributed by atoms with Gasteiger partial charge in [-0.1, -0.05) is 24.6 Å². The Bertz CT molecular complexity index is 1240. The number of nitrogens with zero attached hydrogens (tertiary/aromatic N) is 1. The highest BCUT2D eigenvalue weighted by molar-refractivity contribution is 6.06. The van der Waals surface area contributed by atoms with Crippen LogP contribution in [0.1, 0.15) is 51.7 Å². The molecule has 2 amide bonds. The molecular weight excluding hydrogens is 388 g/mol. The Morgan fingerprint density at radius 1 is 0.806 bits per heavy atom. The number of hydrogen-bond acceptors (Lipinski definition) is 3. The number of H-pyrrole nitrogens is 1. The molecule has 6 nitrogen and oxygen atoms in total. The van der Waals surface area contributed by atoms with Crippen LogP contribution in [-0.4, -0.2) is 21.8 Å². The molecule has 3 N–H and O–H groups in total. The molecule has 0 spiro atoms. The first kappa shape index (κ1) is 19.1. The molecule has 5 rings (SSSR count). The molecule has 0 bridgehead atoms. The summed E-state index contributed by atoms with van der Waals surface area (Å²) in [5.41, 5.74) is 4.28. The topological polar surface area (TPSA) is 86.9 Å². The van der Waals surface area contributed by atoms with E-state index in [4.69, 9.17) is 0 Å². The lowest BCUT2D eigenvalue weighted by Crippen LogP contribution is -2.13. The normalized spacial score (nSPS) is 13.5. The molecular formula is C25H22N4O2. The number of benzene rings is 3. The number of amides is 2. The van der Waals surface area contributed by atoms with E-state index >= 15 is 0 Å². The van der Waals surface area contributed by atoms with E-state index in [2.05, 4.69) is 20.6 Å². The molecule has 0 unspecified atom stereocenters. The van der Waals surface area contributed by atoms with Gasteiger partial charge in [0.1, 0.15) is 5.82 Å². The van der Waals surface area contributed by atoms with Crippen LogP contribution in [-0.2, 0) is 0 Å². The van der Waals surface area contributed by atoms with E-state index in [9.17, 15) is 9.59 Å². The summed E-state index contributed by atoms with van der Waals surface area (Å²) < 4.78 is 0. The fraction of sp³-hybridized carbons (Fsp3) is 0.160. The third-order valence-electron chi connectivity index (χ3n) is 5.69. The molecule has 1 aliphatic rings. The standard InChI is InChI=1S/C25H22N4O2/c30-24(17-5-2-1-3-6-17)26-19-11-9-18(10-12-19)25(31)27-20-13-14-21-22(15-20)29-23(28-21)16-7-4-8-16/h1-3,5-6,9-16H,4,7-8H2,(H,26,30)(H,27,31)(H,28,29). The smallest absolute Gasteiger partial charge is 0.255 e. The maximum Gasteiger partial charge on any atom is 0.255 e. The van der Waals surface area contributed by atoms with E-state index in [-0.39, 0.29) is 11.8 Å². The summed E-state index contributed by atoms with van der Waals surface area (Å²) in [6.45, 7) is 0. The summed E-state index contributed by atoms with van der Waals surface area (Å²) >= 11 is 0. The molecule has 154 valence electrons. The van der Waals surface area contributed by atoms with Crippen LogP contribution in [0, 0.1) is 0 Å². The highest BCUT2D eigenvalue weighted by Crippen LogP contribution is 2.35. The maximum atomic E-state index is 12.6. The number of fused-ring (bicyclic) bond motifs is 1. The molecule has 6 heteroatoms. The van der Waals surface area contributed by atoms with Crippen LogP contribution >= 0.6 is 0 Å². The van der Waals surface area contributed by atoms with Crippen molar-refractivity contribution < 1.29 is 9.59 Å². The lowest BCUT2D eigenvalue weighted by atomic mass is 9.85. The Kier molecular flexibility index (Phi) is 4.96. The lowest BCUT2D eigenvalue weighted by Gasteiger charge is -2.22. The second-order valence-electron chi connectivity index (χ2n) is 7.83. The van der Waals surface area contributed by atoms with Crippen molar-refractivity contribution >= 4 is 34.2 Å². The van der Waals surface area contributed by atoms with Gasteiger partial charge in [0, 0.05) is 28.4 Å². The van der Waals surface area contributed by atoms with Gasteiger partial charge in [0.25, 0.3) is 11.8 Å². The Balaban J connectivity index is 1.25. The number of imidazole rings is 1. The average Bonchev–Trinajstić information content (AvgIpc) is 3.16. The fourth-order valence-corrected chi connectivity index (χ4v) is 3.68. The van der Waals surface area contributed by atoms with Crippen molar-refractivity contribution in [2.75, 3.05) is 10.6 Å². The Morgan fingerprint density at radius 2 is 1.45 bits per heavy atom. The first-order valence-corrected chi connectivity index (χ1v) is 10.4. The Hall–Kier alpha value is -3.93. The van der Waals surface area contributed by atoms with Crippen molar-refractivity contribution in [1.29, 1.82) is 0 Å². The number of anilines is 2. The number of aromatic nitrogens is 2. The SMILES string of the molecule is O=C(Nc1ccc(C(=O)Nc2ccc3nc(C4CCC4)[nH]c3c2)cc1)c1ccccc1. The number of aromatic amines is 1. The first-order valence-electron chi connectivity index (χ1n) is 10.4. The third-order valence-corrected chi connectivity index (χ3v) is 5.69. The van der Waals surface area contributed by atoms with Crippen LogP contribution in [0.25, 0.3) is 11.0 Å². The van der Waals surface area contributed by atoms with Crippen molar-refractivity contribution in [3.05, 3.63) is 89.7 Å². The molecule has 31 heavy (non-hydrogen) atoms. The second-order valence-corrected chi connectivity index (χ2v) is 7.83. The molecule has 1 fully saturated rings. The number of carbonyl (C=O) groups is 2. The molecule has 1 aliphatic carbocycles. The first-order chi connectivity index (χ1) is 15.2. The van der Waals surface area contributed by atoms with Crippen molar-refractivity contribution in [3.63, 3.8) is 0 Å². The van der Waals surface area contributed by atoms with E-state index in [1.54, 1.807) is 36.4 Å². The van der Waals surface area contributed by atoms with E-state index in [1.165, 1.54) is 19.3 Å². The monoisotopic (exact) mass is 410 g/mol. The van der Waals surface area contributed by atoms with Crippen molar-refractivity contribution in [2.45, 2.75) is 25.2 Å². The van der Waals surface area contributed by atoms with Crippen molar-refractivity contribution in [3.8, 4) is 0 Å². The Morgan fingerprint density at radius 3 is 2.13 bits per heavy atom. The molecule has 1 heterocycles. The van der Waals surface area contributed by atoms with E-state index in [0.717, 1.165) is 16.9 Å². The minimum atomic E-state index is -0.209. The van der Waals surface area contributed by atoms with E-state index < -0.39 is 0 Å². The van der Waals surface area contributed by atoms with Crippen molar-refractivity contribution in [1.82, 2.24) is 9.97 Å². The van der Waals surface area contributed by atoms with Gasteiger partial charge < -0.3 is 15.6 Å². The maximum absolute atomic E-state index is 12.6. The van der Waals surface area contributed by atoms with Crippen LogP contribution < -0.4 is 10.6 Å². The fourth-order valence-electron chi connectivity index (χ4n) is 3.68. The largest absolute Gasteiger partial charge is 0.342 e. The second kappa shape index (κ2) is 8.07. The van der Waals surface area contributed by atoms with Gasteiger partial charge in [0.2, 0.25) is 0 Å². The minimum Gasteiger partial charge on any atom is -0.342 e. The Labute approximate surface area is 179 Å². The van der Waals surface area contributed by atoms with Crippen molar-refractivity contribution in [2.24, 2.45) is 0 Å². The summed E-state index contributed by atoms with van der Waals surface area (Å²) in [6.07, 6.45) is 3.63. The zero-order valence-electron chi connectivity index (χ0n) is 16.9. The molecule has 4 aromatic rings. The zero-order valence-corrected chi connectivity index (χ0v) is 16.9. The van der Waals surface area contributed by atoms with Gasteiger partial charge in [-0.3, -0.25) is 9.59 Å². The molecule has 3 aromatic carbocycles. The number of rotatable bonds is 5. The van der Waals surface area contributed by atoms with Gasteiger partial charge in [-0.2, -0.15) is 0 Å². The summed E-state index contributed by atoms with van der Waals surface area (Å²) in [5, 5.41) is 5.76. The molecule has 0 saturated heterocycles. The zero-order chi connectivity index (χ0) is 21.2. The highest BCUT2D eigenvalue weighted by Gasteiger charge is 2.22. The summed E-state index contributed by atoms with van der Waals surface area (Å²) in [6, 6.07) is 21.5. The van der Waals surface area contributed by atoms with Gasteiger partial charge in [0.05, 0.1) is 11.0 Å². The number of carbonyl (C=O) groups excluding carboxylic acids is 2. The van der Waals surface area contributed by atoms with Gasteiger partial charge in [-0.15, -0.1) is 0 Å². The molecule has 0 aliphatic heterocycles. The lowest BCUT2D eigenvalue weighted by molar-refractivity contribution is 0.102. The van der Waals surface area contributed by atoms with Crippen LogP contribution in [0.5, 0.6) is 0 Å². The quantitative estimate of drug-likeness (QED) is 0.415. The molecule has 1 aromatic heterocycles. The summed E-state index contributed by atoms with van der Waals surface area (Å²) in [7, 11) is 0. The molecule has 0 radical (unpaired) electrons. The number of nitrogens with one attached hydrogen (secondary N) is 3. The highest BCUT2D eigenvalue weighted by atomic mass is 16.2. The summed E-state index contributed by atoms with van der Waals surface area (Å²) in [5.74, 6) is 1.18. The summed E-state index contributed by atoms with van der Waals surface area (Å²) in [4.78, 5) is 33.0. The molecule has 0 atom stereocenters. The average molecular weight is 410 g/mol.